The molecule has 140 valence electrons. The molecular formula is C15H15F3N4O4. The molecule has 0 bridgehead atoms. The first-order valence-corrected chi connectivity index (χ1v) is 7.40. The number of halogens is 3. The van der Waals surface area contributed by atoms with Crippen LogP contribution in [0.3, 0.4) is 0 Å². The van der Waals surface area contributed by atoms with E-state index in [2.05, 4.69) is 10.4 Å². The summed E-state index contributed by atoms with van der Waals surface area (Å²) in [6, 6.07) is 2.66. The Morgan fingerprint density at radius 2 is 2.00 bits per heavy atom. The second kappa shape index (κ2) is 7.02. The van der Waals surface area contributed by atoms with Gasteiger partial charge in [0.1, 0.15) is 11.3 Å². The summed E-state index contributed by atoms with van der Waals surface area (Å²) in [5.41, 5.74) is -1.69. The molecule has 0 spiro atoms. The number of carbonyl (C=O) groups excluding carboxylic acids is 1. The predicted octanol–water partition coefficient (Wildman–Crippen LogP) is 3.88. The number of nitrogens with zero attached hydrogens (tertiary/aromatic N) is 3. The molecule has 0 fully saturated rings. The van der Waals surface area contributed by atoms with Gasteiger partial charge in [0.15, 0.2) is 0 Å². The van der Waals surface area contributed by atoms with Gasteiger partial charge in [-0.05, 0) is 26.8 Å². The lowest BCUT2D eigenvalue weighted by molar-refractivity contribution is -0.385. The zero-order chi connectivity index (χ0) is 19.6. The van der Waals surface area contributed by atoms with Crippen LogP contribution in [0.1, 0.15) is 25.1 Å². The van der Waals surface area contributed by atoms with Gasteiger partial charge >= 0.3 is 12.2 Å². The Hall–Kier alpha value is -3.11. The van der Waals surface area contributed by atoms with Crippen LogP contribution in [0.2, 0.25) is 0 Å². The van der Waals surface area contributed by atoms with Crippen LogP contribution in [0, 0.1) is 17.0 Å². The molecule has 26 heavy (non-hydrogen) atoms. The van der Waals surface area contributed by atoms with E-state index in [0.717, 1.165) is 16.8 Å². The minimum absolute atomic E-state index is 0.165. The maximum atomic E-state index is 13.2. The molecule has 1 N–H and O–H groups in total. The van der Waals surface area contributed by atoms with E-state index in [1.165, 1.54) is 13.0 Å². The number of amides is 1. The number of ether oxygens (including phenoxy) is 1. The van der Waals surface area contributed by atoms with Gasteiger partial charge in [0, 0.05) is 24.2 Å². The molecular weight excluding hydrogens is 357 g/mol. The topological polar surface area (TPSA) is 99.3 Å². The molecule has 2 aromatic rings. The molecule has 0 radical (unpaired) electrons. The highest BCUT2D eigenvalue weighted by Gasteiger charge is 2.36. The molecule has 11 heteroatoms. The van der Waals surface area contributed by atoms with Crippen molar-refractivity contribution in [2.24, 2.45) is 0 Å². The molecule has 1 aromatic heterocycles. The number of nitro groups is 1. The van der Waals surface area contributed by atoms with Gasteiger partial charge in [-0.3, -0.25) is 10.1 Å². The smallest absolute Gasteiger partial charge is 0.420 e. The van der Waals surface area contributed by atoms with Crippen molar-refractivity contribution in [1.29, 1.82) is 0 Å². The third kappa shape index (κ3) is 4.29. The summed E-state index contributed by atoms with van der Waals surface area (Å²) in [6.07, 6.45) is -4.87. The van der Waals surface area contributed by atoms with Crippen molar-refractivity contribution >= 4 is 11.7 Å². The maximum absolute atomic E-state index is 13.2. The largest absolute Gasteiger partial charge is 0.437 e. The molecule has 0 unspecified atom stereocenters. The van der Waals surface area contributed by atoms with Crippen molar-refractivity contribution in [1.82, 2.24) is 15.1 Å². The Morgan fingerprint density at radius 1 is 1.35 bits per heavy atom. The second-order valence-corrected chi connectivity index (χ2v) is 5.68. The van der Waals surface area contributed by atoms with Gasteiger partial charge in [0.2, 0.25) is 5.88 Å². The van der Waals surface area contributed by atoms with Crippen molar-refractivity contribution < 1.29 is 27.6 Å². The SMILES string of the molecule is Cc1cc(Oc2ccc([N+](=O)[O-])cc2C(F)(F)F)nn1C(=O)NC(C)C. The van der Waals surface area contributed by atoms with Crippen molar-refractivity contribution in [3.05, 3.63) is 45.6 Å². The quantitative estimate of drug-likeness (QED) is 0.649. The highest BCUT2D eigenvalue weighted by atomic mass is 19.4. The first-order valence-electron chi connectivity index (χ1n) is 7.40. The maximum Gasteiger partial charge on any atom is 0.420 e. The van der Waals surface area contributed by atoms with Crippen LogP contribution < -0.4 is 10.1 Å². The number of benzene rings is 1. The molecule has 8 nitrogen and oxygen atoms in total. The van der Waals surface area contributed by atoms with Crippen LogP contribution >= 0.6 is 0 Å². The van der Waals surface area contributed by atoms with Gasteiger partial charge in [-0.2, -0.15) is 17.9 Å². The summed E-state index contributed by atoms with van der Waals surface area (Å²) in [6.45, 7) is 5.00. The fourth-order valence-corrected chi connectivity index (χ4v) is 2.06. The second-order valence-electron chi connectivity index (χ2n) is 5.68. The molecule has 1 amide bonds. The van der Waals surface area contributed by atoms with Crippen molar-refractivity contribution in [2.45, 2.75) is 33.0 Å². The highest BCUT2D eigenvalue weighted by molar-refractivity contribution is 5.76. The number of aromatic nitrogens is 2. The van der Waals surface area contributed by atoms with E-state index in [0.29, 0.717) is 11.8 Å². The standard InChI is InChI=1S/C15H15F3N4O4/c1-8(2)19-14(23)21-9(3)6-13(20-21)26-12-5-4-10(22(24)25)7-11(12)15(16,17)18/h4-8H,1-3H3,(H,19,23). The lowest BCUT2D eigenvalue weighted by Gasteiger charge is -2.12. The van der Waals surface area contributed by atoms with Crippen LogP contribution in [0.25, 0.3) is 0 Å². The number of nitro benzene ring substituents is 1. The van der Waals surface area contributed by atoms with Crippen LogP contribution in [-0.2, 0) is 6.18 Å². The number of hydrogen-bond donors (Lipinski definition) is 1. The Kier molecular flexibility index (Phi) is 5.19. The van der Waals surface area contributed by atoms with Crippen LogP contribution in [0.4, 0.5) is 23.7 Å². The fourth-order valence-electron chi connectivity index (χ4n) is 2.06. The van der Waals surface area contributed by atoms with Crippen LogP contribution in [-0.4, -0.2) is 26.8 Å². The van der Waals surface area contributed by atoms with E-state index in [-0.39, 0.29) is 11.9 Å². The Morgan fingerprint density at radius 3 is 2.54 bits per heavy atom. The average molecular weight is 372 g/mol. The van der Waals surface area contributed by atoms with Crippen molar-refractivity contribution in [3.63, 3.8) is 0 Å². The first kappa shape index (κ1) is 19.2. The third-order valence-electron chi connectivity index (χ3n) is 3.16. The predicted molar refractivity (Wildman–Crippen MR) is 84.2 cm³/mol. The number of alkyl halides is 3. The molecule has 1 aromatic carbocycles. The van der Waals surface area contributed by atoms with Gasteiger partial charge in [-0.15, -0.1) is 5.10 Å². The Balaban J connectivity index is 2.37. The van der Waals surface area contributed by atoms with Crippen molar-refractivity contribution in [3.8, 4) is 11.6 Å². The van der Waals surface area contributed by atoms with E-state index < -0.39 is 34.1 Å². The number of non-ortho nitro benzene ring substituents is 1. The monoisotopic (exact) mass is 372 g/mol. The normalized spacial score (nSPS) is 11.5. The molecule has 1 heterocycles. The van der Waals surface area contributed by atoms with E-state index in [4.69, 9.17) is 4.74 Å². The number of aryl methyl sites for hydroxylation is 1. The Labute approximate surface area is 145 Å². The van der Waals surface area contributed by atoms with Crippen LogP contribution in [0.5, 0.6) is 11.6 Å². The molecule has 0 aliphatic carbocycles. The summed E-state index contributed by atoms with van der Waals surface area (Å²) in [7, 11) is 0. The zero-order valence-corrected chi connectivity index (χ0v) is 14.0. The fraction of sp³-hybridized carbons (Fsp3) is 0.333. The average Bonchev–Trinajstić information content (AvgIpc) is 2.86. The molecule has 2 rings (SSSR count). The number of nitrogens with one attached hydrogen (secondary N) is 1. The molecule has 0 atom stereocenters. The van der Waals surface area contributed by atoms with E-state index >= 15 is 0 Å². The van der Waals surface area contributed by atoms with Gasteiger partial charge in [-0.1, -0.05) is 0 Å². The van der Waals surface area contributed by atoms with Crippen LogP contribution in [0.15, 0.2) is 24.3 Å². The Bertz CT molecular complexity index is 846. The third-order valence-corrected chi connectivity index (χ3v) is 3.16. The minimum atomic E-state index is -4.87. The molecule has 0 saturated carbocycles. The van der Waals surface area contributed by atoms with Gasteiger partial charge < -0.3 is 10.1 Å². The number of hydrogen-bond acceptors (Lipinski definition) is 5. The molecule has 0 aliphatic heterocycles. The first-order chi connectivity index (χ1) is 12.0. The molecule has 0 aliphatic rings. The summed E-state index contributed by atoms with van der Waals surface area (Å²) >= 11 is 0. The molecule has 0 saturated heterocycles. The zero-order valence-electron chi connectivity index (χ0n) is 14.0. The van der Waals surface area contributed by atoms with Crippen molar-refractivity contribution in [2.75, 3.05) is 0 Å². The van der Waals surface area contributed by atoms with E-state index in [1.54, 1.807) is 13.8 Å². The summed E-state index contributed by atoms with van der Waals surface area (Å²) in [4.78, 5) is 21.7. The van der Waals surface area contributed by atoms with Gasteiger partial charge in [0.25, 0.3) is 5.69 Å². The van der Waals surface area contributed by atoms with Gasteiger partial charge in [0.05, 0.1) is 10.6 Å². The van der Waals surface area contributed by atoms with E-state index in [9.17, 15) is 28.1 Å². The van der Waals surface area contributed by atoms with Gasteiger partial charge in [-0.25, -0.2) is 4.79 Å². The minimum Gasteiger partial charge on any atom is -0.437 e. The summed E-state index contributed by atoms with van der Waals surface area (Å²) in [5.74, 6) is -0.905. The lowest BCUT2D eigenvalue weighted by Crippen LogP contribution is -2.35. The summed E-state index contributed by atoms with van der Waals surface area (Å²) in [5, 5.41) is 17.1. The number of rotatable bonds is 4. The number of carbonyl (C=O) groups is 1. The van der Waals surface area contributed by atoms with E-state index in [1.807, 2.05) is 0 Å². The lowest BCUT2D eigenvalue weighted by atomic mass is 10.1. The summed E-state index contributed by atoms with van der Waals surface area (Å²) < 4.78 is 45.6. The highest BCUT2D eigenvalue weighted by Crippen LogP contribution is 2.39.